The van der Waals surface area contributed by atoms with Gasteiger partial charge in [-0.3, -0.25) is 9.59 Å². The zero-order valence-electron chi connectivity index (χ0n) is 19.1. The minimum atomic E-state index is -0.592. The number of rotatable bonds is 10. The van der Waals surface area contributed by atoms with Gasteiger partial charge in [-0.2, -0.15) is 0 Å². The number of benzene rings is 2. The molecule has 1 aliphatic rings. The molecule has 0 heterocycles. The number of halogens is 1. The van der Waals surface area contributed by atoms with Crippen molar-refractivity contribution in [1.82, 2.24) is 10.6 Å². The number of hydrogen-bond acceptors (Lipinski definition) is 4. The number of hydrogen-bond donors (Lipinski definition) is 4. The van der Waals surface area contributed by atoms with E-state index in [1.807, 2.05) is 0 Å². The molecular formula is C26H34FN3O3. The number of aromatic hydroxyl groups is 1. The summed E-state index contributed by atoms with van der Waals surface area (Å²) in [6.07, 6.45) is 6.35. The normalized spacial score (nSPS) is 15.9. The molecule has 1 fully saturated rings. The molecular weight excluding hydrogens is 421 g/mol. The number of anilines is 1. The third-order valence-corrected chi connectivity index (χ3v) is 6.31. The molecule has 33 heavy (non-hydrogen) atoms. The number of carbonyl (C=O) groups excluding carboxylic acids is 2. The van der Waals surface area contributed by atoms with Crippen molar-refractivity contribution in [2.75, 3.05) is 18.4 Å². The van der Waals surface area contributed by atoms with E-state index in [-0.39, 0.29) is 23.4 Å². The predicted molar refractivity (Wildman–Crippen MR) is 128 cm³/mol. The third kappa shape index (κ3) is 7.77. The van der Waals surface area contributed by atoms with Gasteiger partial charge in [-0.1, -0.05) is 44.2 Å². The summed E-state index contributed by atoms with van der Waals surface area (Å²) < 4.78 is 13.0. The minimum Gasteiger partial charge on any atom is -0.508 e. The van der Waals surface area contributed by atoms with Crippen LogP contribution in [0.15, 0.2) is 48.5 Å². The van der Waals surface area contributed by atoms with Gasteiger partial charge in [0.05, 0.1) is 5.92 Å². The van der Waals surface area contributed by atoms with Crippen LogP contribution in [-0.2, 0) is 9.59 Å². The van der Waals surface area contributed by atoms with E-state index in [9.17, 15) is 19.1 Å². The lowest BCUT2D eigenvalue weighted by Crippen LogP contribution is -2.49. The molecule has 0 saturated heterocycles. The first kappa shape index (κ1) is 24.6. The molecule has 1 aliphatic carbocycles. The van der Waals surface area contributed by atoms with E-state index in [4.69, 9.17) is 0 Å². The summed E-state index contributed by atoms with van der Waals surface area (Å²) in [7, 11) is 0. The Hall–Kier alpha value is -3.09. The van der Waals surface area contributed by atoms with Crippen molar-refractivity contribution in [3.05, 3.63) is 59.9 Å². The Labute approximate surface area is 195 Å². The van der Waals surface area contributed by atoms with Crippen molar-refractivity contribution in [3.8, 4) is 5.75 Å². The molecule has 2 amide bonds. The number of nitrogens with one attached hydrogen (secondary N) is 3. The molecule has 1 saturated carbocycles. The smallest absolute Gasteiger partial charge is 0.242 e. The molecule has 2 unspecified atom stereocenters. The van der Waals surface area contributed by atoms with Gasteiger partial charge in [-0.05, 0) is 61.2 Å². The first-order chi connectivity index (χ1) is 15.9. The van der Waals surface area contributed by atoms with Crippen LogP contribution in [0, 0.1) is 11.7 Å². The van der Waals surface area contributed by atoms with Crippen LogP contribution in [-0.4, -0.2) is 36.1 Å². The van der Waals surface area contributed by atoms with E-state index in [1.54, 1.807) is 43.3 Å². The molecule has 178 valence electrons. The summed E-state index contributed by atoms with van der Waals surface area (Å²) in [6, 6.07) is 12.0. The van der Waals surface area contributed by atoms with Gasteiger partial charge in [0, 0.05) is 18.8 Å². The highest BCUT2D eigenvalue weighted by Gasteiger charge is 2.27. The lowest BCUT2D eigenvalue weighted by molar-refractivity contribution is -0.130. The van der Waals surface area contributed by atoms with Gasteiger partial charge in [0.15, 0.2) is 0 Å². The average molecular weight is 456 g/mol. The van der Waals surface area contributed by atoms with Crippen LogP contribution in [0.1, 0.15) is 56.9 Å². The van der Waals surface area contributed by atoms with Crippen molar-refractivity contribution < 1.29 is 19.1 Å². The highest BCUT2D eigenvalue weighted by atomic mass is 19.1. The lowest BCUT2D eigenvalue weighted by atomic mass is 9.84. The molecule has 2 atom stereocenters. The van der Waals surface area contributed by atoms with E-state index in [1.165, 1.54) is 31.4 Å². The van der Waals surface area contributed by atoms with Crippen LogP contribution >= 0.6 is 0 Å². The Morgan fingerprint density at radius 2 is 1.64 bits per heavy atom. The van der Waals surface area contributed by atoms with Gasteiger partial charge in [0.2, 0.25) is 11.8 Å². The third-order valence-electron chi connectivity index (χ3n) is 6.31. The number of amides is 2. The molecule has 0 radical (unpaired) electrons. The molecule has 4 N–H and O–H groups in total. The van der Waals surface area contributed by atoms with E-state index in [2.05, 4.69) is 16.0 Å². The van der Waals surface area contributed by atoms with E-state index in [0.29, 0.717) is 25.4 Å². The lowest BCUT2D eigenvalue weighted by Gasteiger charge is -2.27. The summed E-state index contributed by atoms with van der Waals surface area (Å²) in [5, 5.41) is 18.5. The van der Waals surface area contributed by atoms with Crippen molar-refractivity contribution in [2.45, 2.75) is 57.4 Å². The van der Waals surface area contributed by atoms with Crippen LogP contribution in [0.3, 0.4) is 0 Å². The topological polar surface area (TPSA) is 90.5 Å². The van der Waals surface area contributed by atoms with Crippen molar-refractivity contribution in [1.29, 1.82) is 0 Å². The van der Waals surface area contributed by atoms with Gasteiger partial charge < -0.3 is 21.1 Å². The van der Waals surface area contributed by atoms with Gasteiger partial charge in [0.1, 0.15) is 17.6 Å². The maximum Gasteiger partial charge on any atom is 0.242 e. The molecule has 6 nitrogen and oxygen atoms in total. The SMILES string of the molecule is CC(C(=O)NC(CC1CCCCC1)C(=O)NCCNc1ccc(F)cc1)c1ccc(O)cc1. The van der Waals surface area contributed by atoms with Crippen LogP contribution in [0.2, 0.25) is 0 Å². The van der Waals surface area contributed by atoms with Crippen LogP contribution < -0.4 is 16.0 Å². The number of phenolic OH excluding ortho intramolecular Hbond substituents is 1. The van der Waals surface area contributed by atoms with Crippen molar-refractivity contribution >= 4 is 17.5 Å². The predicted octanol–water partition coefficient (Wildman–Crippen LogP) is 4.32. The van der Waals surface area contributed by atoms with Crippen molar-refractivity contribution in [3.63, 3.8) is 0 Å². The molecule has 0 aromatic heterocycles. The zero-order chi connectivity index (χ0) is 23.6. The summed E-state index contributed by atoms with van der Waals surface area (Å²) in [5.41, 5.74) is 1.56. The maximum atomic E-state index is 13.0. The molecule has 0 bridgehead atoms. The second-order valence-electron chi connectivity index (χ2n) is 8.84. The first-order valence-electron chi connectivity index (χ1n) is 11.8. The summed E-state index contributed by atoms with van der Waals surface area (Å²) in [4.78, 5) is 25.9. The summed E-state index contributed by atoms with van der Waals surface area (Å²) in [5.74, 6) is -0.552. The highest BCUT2D eigenvalue weighted by molar-refractivity contribution is 5.90. The monoisotopic (exact) mass is 455 g/mol. The summed E-state index contributed by atoms with van der Waals surface area (Å²) in [6.45, 7) is 2.68. The van der Waals surface area contributed by atoms with Crippen LogP contribution in [0.4, 0.5) is 10.1 Å². The van der Waals surface area contributed by atoms with Crippen molar-refractivity contribution in [2.24, 2.45) is 5.92 Å². The Bertz CT molecular complexity index is 896. The Morgan fingerprint density at radius 1 is 0.970 bits per heavy atom. The second-order valence-corrected chi connectivity index (χ2v) is 8.84. The number of phenols is 1. The maximum absolute atomic E-state index is 13.0. The fraction of sp³-hybridized carbons (Fsp3) is 0.462. The molecule has 7 heteroatoms. The fourth-order valence-corrected chi connectivity index (χ4v) is 4.28. The Kier molecular flexibility index (Phi) is 9.10. The largest absolute Gasteiger partial charge is 0.508 e. The standard InChI is InChI=1S/C26H34FN3O3/c1-18(20-7-13-23(31)14-8-20)25(32)30-24(17-19-5-3-2-4-6-19)26(33)29-16-15-28-22-11-9-21(27)10-12-22/h7-14,18-19,24,28,31H,2-6,15-17H2,1H3,(H,29,33)(H,30,32). The fourth-order valence-electron chi connectivity index (χ4n) is 4.28. The first-order valence-corrected chi connectivity index (χ1v) is 11.8. The molecule has 2 aromatic rings. The Balaban J connectivity index is 1.56. The molecule has 2 aromatic carbocycles. The van der Waals surface area contributed by atoms with Crippen LogP contribution in [0.5, 0.6) is 5.75 Å². The zero-order valence-corrected chi connectivity index (χ0v) is 19.1. The van der Waals surface area contributed by atoms with Gasteiger partial charge in [-0.15, -0.1) is 0 Å². The minimum absolute atomic E-state index is 0.148. The second kappa shape index (κ2) is 12.2. The molecule has 3 rings (SSSR count). The van der Waals surface area contributed by atoms with E-state index >= 15 is 0 Å². The average Bonchev–Trinajstić information content (AvgIpc) is 2.83. The van der Waals surface area contributed by atoms with Crippen LogP contribution in [0.25, 0.3) is 0 Å². The highest BCUT2D eigenvalue weighted by Crippen LogP contribution is 2.28. The van der Waals surface area contributed by atoms with Gasteiger partial charge in [-0.25, -0.2) is 4.39 Å². The van der Waals surface area contributed by atoms with Gasteiger partial charge in [0.25, 0.3) is 0 Å². The Morgan fingerprint density at radius 3 is 2.30 bits per heavy atom. The quantitative estimate of drug-likeness (QED) is 0.402. The molecule has 0 aliphatic heterocycles. The summed E-state index contributed by atoms with van der Waals surface area (Å²) >= 11 is 0. The van der Waals surface area contributed by atoms with E-state index < -0.39 is 12.0 Å². The van der Waals surface area contributed by atoms with E-state index in [0.717, 1.165) is 24.1 Å². The number of carbonyl (C=O) groups is 2. The molecule has 0 spiro atoms. The van der Waals surface area contributed by atoms with Gasteiger partial charge >= 0.3 is 0 Å².